The van der Waals surface area contributed by atoms with Gasteiger partial charge in [-0.1, -0.05) is 18.2 Å². The van der Waals surface area contributed by atoms with Crippen LogP contribution in [-0.2, 0) is 11.2 Å². The van der Waals surface area contributed by atoms with Gasteiger partial charge in [-0.2, -0.15) is 0 Å². The van der Waals surface area contributed by atoms with Gasteiger partial charge in [0.15, 0.2) is 0 Å². The van der Waals surface area contributed by atoms with E-state index in [1.165, 1.54) is 5.56 Å². The highest BCUT2D eigenvalue weighted by Crippen LogP contribution is 2.40. The molecular formula is C20H19N3O3. The number of carbonyl (C=O) groups is 2. The number of hydrogen-bond acceptors (Lipinski definition) is 3. The number of ether oxygens (including phenoxy) is 1. The van der Waals surface area contributed by atoms with E-state index in [0.29, 0.717) is 19.5 Å². The standard InChI is InChI=1S/C20H19N3O3/c24-19-11-16(12-1-4-18-13(9-12)5-8-26-18)15-3-2-14(10-17(15)22-19)23-7-6-21-20(23)25/h1-4,9-10,16H,5-8,11H2,(H,21,25)(H,22,24). The first-order valence-corrected chi connectivity index (χ1v) is 8.94. The fraction of sp³-hybridized carbons (Fsp3) is 0.300. The summed E-state index contributed by atoms with van der Waals surface area (Å²) in [4.78, 5) is 25.9. The van der Waals surface area contributed by atoms with Crippen molar-refractivity contribution in [2.24, 2.45) is 0 Å². The van der Waals surface area contributed by atoms with E-state index in [0.717, 1.165) is 41.3 Å². The van der Waals surface area contributed by atoms with Gasteiger partial charge in [-0.15, -0.1) is 0 Å². The van der Waals surface area contributed by atoms with Gasteiger partial charge in [0, 0.05) is 43.2 Å². The van der Waals surface area contributed by atoms with Gasteiger partial charge in [0.2, 0.25) is 5.91 Å². The molecule has 6 nitrogen and oxygen atoms in total. The van der Waals surface area contributed by atoms with Crippen LogP contribution >= 0.6 is 0 Å². The second-order valence-corrected chi connectivity index (χ2v) is 6.93. The number of amides is 3. The number of carbonyl (C=O) groups excluding carboxylic acids is 2. The van der Waals surface area contributed by atoms with Gasteiger partial charge in [0.1, 0.15) is 5.75 Å². The van der Waals surface area contributed by atoms with Crippen LogP contribution in [0.3, 0.4) is 0 Å². The van der Waals surface area contributed by atoms with Crippen LogP contribution in [-0.4, -0.2) is 31.6 Å². The molecule has 26 heavy (non-hydrogen) atoms. The first-order chi connectivity index (χ1) is 12.7. The fourth-order valence-electron chi connectivity index (χ4n) is 4.06. The maximum atomic E-state index is 12.3. The summed E-state index contributed by atoms with van der Waals surface area (Å²) in [6.07, 6.45) is 1.34. The monoisotopic (exact) mass is 349 g/mol. The summed E-state index contributed by atoms with van der Waals surface area (Å²) in [5, 5.41) is 5.77. The number of anilines is 2. The lowest BCUT2D eigenvalue weighted by Crippen LogP contribution is -2.28. The quantitative estimate of drug-likeness (QED) is 0.876. The van der Waals surface area contributed by atoms with Crippen molar-refractivity contribution in [3.8, 4) is 5.75 Å². The maximum absolute atomic E-state index is 12.3. The Bertz CT molecular complexity index is 925. The molecule has 0 aliphatic carbocycles. The molecule has 3 heterocycles. The summed E-state index contributed by atoms with van der Waals surface area (Å²) in [5.41, 5.74) is 5.03. The van der Waals surface area contributed by atoms with Gasteiger partial charge in [-0.3, -0.25) is 9.69 Å². The Morgan fingerprint density at radius 2 is 2.04 bits per heavy atom. The molecule has 1 fully saturated rings. The Labute approximate surface area is 151 Å². The van der Waals surface area contributed by atoms with Gasteiger partial charge in [-0.25, -0.2) is 4.79 Å². The Kier molecular flexibility index (Phi) is 3.38. The Morgan fingerprint density at radius 3 is 2.88 bits per heavy atom. The van der Waals surface area contributed by atoms with Crippen molar-refractivity contribution >= 4 is 23.3 Å². The minimum absolute atomic E-state index is 0.00210. The largest absolute Gasteiger partial charge is 0.493 e. The third-order valence-corrected chi connectivity index (χ3v) is 5.36. The number of hydrogen-bond donors (Lipinski definition) is 2. The predicted octanol–water partition coefficient (Wildman–Crippen LogP) is 2.63. The number of nitrogens with zero attached hydrogens (tertiary/aromatic N) is 1. The number of benzene rings is 2. The molecule has 0 spiro atoms. The van der Waals surface area contributed by atoms with Crippen molar-refractivity contribution in [2.45, 2.75) is 18.8 Å². The summed E-state index contributed by atoms with van der Waals surface area (Å²) in [7, 11) is 0. The van der Waals surface area contributed by atoms with Crippen LogP contribution in [0.2, 0.25) is 0 Å². The molecule has 0 saturated carbocycles. The highest BCUT2D eigenvalue weighted by molar-refractivity contribution is 5.98. The van der Waals surface area contributed by atoms with Crippen LogP contribution in [0.1, 0.15) is 29.0 Å². The van der Waals surface area contributed by atoms with Crippen LogP contribution < -0.4 is 20.3 Å². The molecule has 2 N–H and O–H groups in total. The predicted molar refractivity (Wildman–Crippen MR) is 97.9 cm³/mol. The van der Waals surface area contributed by atoms with E-state index in [1.54, 1.807) is 4.90 Å². The molecule has 6 heteroatoms. The second kappa shape index (κ2) is 5.76. The van der Waals surface area contributed by atoms with Gasteiger partial charge in [0.25, 0.3) is 0 Å². The third-order valence-electron chi connectivity index (χ3n) is 5.36. The van der Waals surface area contributed by atoms with Gasteiger partial charge in [-0.05, 0) is 34.9 Å². The summed E-state index contributed by atoms with van der Waals surface area (Å²) >= 11 is 0. The number of rotatable bonds is 2. The zero-order valence-electron chi connectivity index (χ0n) is 14.2. The Hall–Kier alpha value is -3.02. The normalized spacial score (nSPS) is 20.9. The third kappa shape index (κ3) is 2.41. The Balaban J connectivity index is 1.54. The lowest BCUT2D eigenvalue weighted by atomic mass is 9.84. The smallest absolute Gasteiger partial charge is 0.321 e. The van der Waals surface area contributed by atoms with E-state index in [-0.39, 0.29) is 17.9 Å². The van der Waals surface area contributed by atoms with Crippen molar-refractivity contribution in [1.82, 2.24) is 5.32 Å². The highest BCUT2D eigenvalue weighted by Gasteiger charge is 2.29. The molecule has 5 rings (SSSR count). The Morgan fingerprint density at radius 1 is 1.12 bits per heavy atom. The summed E-state index contributed by atoms with van der Waals surface area (Å²) in [5.74, 6) is 0.970. The summed E-state index contributed by atoms with van der Waals surface area (Å²) in [6, 6.07) is 12.0. The highest BCUT2D eigenvalue weighted by atomic mass is 16.5. The second-order valence-electron chi connectivity index (χ2n) is 6.93. The summed E-state index contributed by atoms with van der Waals surface area (Å²) in [6.45, 7) is 2.00. The molecule has 0 aromatic heterocycles. The van der Waals surface area contributed by atoms with Crippen molar-refractivity contribution in [2.75, 3.05) is 29.9 Å². The zero-order chi connectivity index (χ0) is 17.7. The minimum Gasteiger partial charge on any atom is -0.493 e. The van der Waals surface area contributed by atoms with Crippen molar-refractivity contribution in [3.63, 3.8) is 0 Å². The van der Waals surface area contributed by atoms with Crippen LogP contribution in [0.5, 0.6) is 5.75 Å². The lowest BCUT2D eigenvalue weighted by molar-refractivity contribution is -0.116. The molecule has 2 aromatic carbocycles. The van der Waals surface area contributed by atoms with E-state index in [1.807, 2.05) is 24.3 Å². The molecule has 3 aliphatic rings. The molecule has 3 aliphatic heterocycles. The first kappa shape index (κ1) is 15.3. The average Bonchev–Trinajstić information content (AvgIpc) is 3.28. The molecular weight excluding hydrogens is 330 g/mol. The molecule has 1 saturated heterocycles. The van der Waals surface area contributed by atoms with Crippen LogP contribution in [0.15, 0.2) is 36.4 Å². The van der Waals surface area contributed by atoms with E-state index >= 15 is 0 Å². The van der Waals surface area contributed by atoms with Crippen LogP contribution in [0.25, 0.3) is 0 Å². The van der Waals surface area contributed by atoms with Crippen LogP contribution in [0, 0.1) is 0 Å². The SMILES string of the molecule is O=C1CC(c2ccc3c(c2)CCO3)c2ccc(N3CCNC3=O)cc2N1. The molecule has 1 unspecified atom stereocenters. The molecule has 132 valence electrons. The zero-order valence-corrected chi connectivity index (χ0v) is 14.2. The van der Waals surface area contributed by atoms with E-state index in [9.17, 15) is 9.59 Å². The molecule has 1 atom stereocenters. The first-order valence-electron chi connectivity index (χ1n) is 8.94. The van der Waals surface area contributed by atoms with Gasteiger partial charge in [0.05, 0.1) is 6.61 Å². The molecule has 3 amide bonds. The number of nitrogens with one attached hydrogen (secondary N) is 2. The van der Waals surface area contributed by atoms with Crippen molar-refractivity contribution in [1.29, 1.82) is 0 Å². The molecule has 2 aromatic rings. The maximum Gasteiger partial charge on any atom is 0.321 e. The van der Waals surface area contributed by atoms with Gasteiger partial charge < -0.3 is 15.4 Å². The van der Waals surface area contributed by atoms with E-state index in [4.69, 9.17) is 4.74 Å². The molecule has 0 bridgehead atoms. The van der Waals surface area contributed by atoms with E-state index < -0.39 is 0 Å². The fourth-order valence-corrected chi connectivity index (χ4v) is 4.06. The minimum atomic E-state index is -0.0951. The number of fused-ring (bicyclic) bond motifs is 2. The van der Waals surface area contributed by atoms with Crippen LogP contribution in [0.4, 0.5) is 16.2 Å². The topological polar surface area (TPSA) is 70.7 Å². The number of urea groups is 1. The van der Waals surface area contributed by atoms with Crippen molar-refractivity contribution < 1.29 is 14.3 Å². The molecule has 0 radical (unpaired) electrons. The van der Waals surface area contributed by atoms with E-state index in [2.05, 4.69) is 22.8 Å². The summed E-state index contributed by atoms with van der Waals surface area (Å²) < 4.78 is 5.59. The van der Waals surface area contributed by atoms with Gasteiger partial charge >= 0.3 is 6.03 Å². The lowest BCUT2D eigenvalue weighted by Gasteiger charge is -2.28. The average molecular weight is 349 g/mol. The van der Waals surface area contributed by atoms with Crippen molar-refractivity contribution in [3.05, 3.63) is 53.1 Å².